The first-order valence-corrected chi connectivity index (χ1v) is 9.76. The Morgan fingerprint density at radius 1 is 1.29 bits per heavy atom. The number of rotatable bonds is 6. The average molecular weight is 356 g/mol. The van der Waals surface area contributed by atoms with E-state index in [1.54, 1.807) is 18.2 Å². The average Bonchev–Trinajstić information content (AvgIpc) is 2.56. The van der Waals surface area contributed by atoms with Crippen LogP contribution in [-0.2, 0) is 14.6 Å². The summed E-state index contributed by atoms with van der Waals surface area (Å²) in [6.45, 7) is 3.34. The quantitative estimate of drug-likeness (QED) is 0.795. The molecule has 2 rings (SSSR count). The maximum Gasteiger partial charge on any atom is 0.245 e. The fraction of sp³-hybridized carbons (Fsp3) is 0.562. The number of hydrogen-bond acceptors (Lipinski definition) is 6. The van der Waals surface area contributed by atoms with Gasteiger partial charge in [-0.1, -0.05) is 0 Å². The summed E-state index contributed by atoms with van der Waals surface area (Å²) in [4.78, 5) is 12.8. The van der Waals surface area contributed by atoms with Gasteiger partial charge in [-0.25, -0.2) is 8.42 Å². The van der Waals surface area contributed by atoms with Gasteiger partial charge in [0.15, 0.2) is 26.1 Å². The summed E-state index contributed by atoms with van der Waals surface area (Å²) in [6.07, 6.45) is 1.63. The first kappa shape index (κ1) is 18.5. The number of amides is 1. The summed E-state index contributed by atoms with van der Waals surface area (Å²) in [6, 6.07) is 4.98. The number of methoxy groups -OCH3 is 1. The Morgan fingerprint density at radius 2 is 1.96 bits per heavy atom. The second kappa shape index (κ2) is 7.40. The van der Waals surface area contributed by atoms with Gasteiger partial charge in [0.1, 0.15) is 0 Å². The van der Waals surface area contributed by atoms with Crippen LogP contribution in [0.3, 0.4) is 0 Å². The minimum absolute atomic E-state index is 0.256. The molecule has 2 N–H and O–H groups in total. The number of sulfone groups is 1. The predicted octanol–water partition coefficient (Wildman–Crippen LogP) is 1.20. The van der Waals surface area contributed by atoms with Crippen LogP contribution in [0.1, 0.15) is 19.8 Å². The van der Waals surface area contributed by atoms with Crippen LogP contribution in [0.25, 0.3) is 0 Å². The van der Waals surface area contributed by atoms with Crippen molar-refractivity contribution < 1.29 is 22.7 Å². The molecule has 1 fully saturated rings. The molecule has 1 amide bonds. The molecule has 7 nitrogen and oxygen atoms in total. The summed E-state index contributed by atoms with van der Waals surface area (Å²) < 4.78 is 33.8. The number of carbonyl (C=O) groups excluding carboxylic acids is 1. The third-order valence-corrected chi connectivity index (χ3v) is 6.27. The fourth-order valence-electron chi connectivity index (χ4n) is 2.86. The number of benzene rings is 1. The van der Waals surface area contributed by atoms with Gasteiger partial charge in [0, 0.05) is 18.0 Å². The normalized spacial score (nSPS) is 17.1. The van der Waals surface area contributed by atoms with Crippen molar-refractivity contribution in [2.45, 2.75) is 24.5 Å². The number of nitrogens with one attached hydrogen (secondary N) is 2. The molecule has 1 heterocycles. The van der Waals surface area contributed by atoms with E-state index in [0.29, 0.717) is 36.9 Å². The van der Waals surface area contributed by atoms with Crippen LogP contribution >= 0.6 is 0 Å². The van der Waals surface area contributed by atoms with Crippen LogP contribution in [0.5, 0.6) is 11.5 Å². The van der Waals surface area contributed by atoms with Crippen molar-refractivity contribution in [2.24, 2.45) is 0 Å². The summed E-state index contributed by atoms with van der Waals surface area (Å²) in [5, 5.41) is 5.81. The lowest BCUT2D eigenvalue weighted by Crippen LogP contribution is -2.55. The van der Waals surface area contributed by atoms with E-state index in [4.69, 9.17) is 9.47 Å². The van der Waals surface area contributed by atoms with E-state index in [1.165, 1.54) is 7.11 Å². The maximum atomic E-state index is 12.8. The maximum absolute atomic E-state index is 12.8. The highest BCUT2D eigenvalue weighted by Gasteiger charge is 2.48. The lowest BCUT2D eigenvalue weighted by molar-refractivity contribution is -0.119. The Bertz CT molecular complexity index is 696. The lowest BCUT2D eigenvalue weighted by atomic mass is 9.95. The fourth-order valence-corrected chi connectivity index (χ4v) is 4.20. The molecule has 0 unspecified atom stereocenters. The van der Waals surface area contributed by atoms with E-state index in [-0.39, 0.29) is 12.8 Å². The number of anilines is 1. The van der Waals surface area contributed by atoms with Crippen molar-refractivity contribution in [2.75, 3.05) is 38.4 Å². The molecule has 0 radical (unpaired) electrons. The van der Waals surface area contributed by atoms with Gasteiger partial charge in [0.2, 0.25) is 5.91 Å². The SMILES string of the molecule is CCOc1ccc(NC(=O)C2(S(C)(=O)=O)CCNCC2)cc1OC. The first-order valence-electron chi connectivity index (χ1n) is 7.86. The summed E-state index contributed by atoms with van der Waals surface area (Å²) in [5.74, 6) is 0.545. The van der Waals surface area contributed by atoms with Crippen LogP contribution in [0.2, 0.25) is 0 Å². The third-order valence-electron chi connectivity index (χ3n) is 4.26. The van der Waals surface area contributed by atoms with Gasteiger partial charge in [-0.15, -0.1) is 0 Å². The Labute approximate surface area is 142 Å². The molecular weight excluding hydrogens is 332 g/mol. The van der Waals surface area contributed by atoms with Crippen molar-refractivity contribution in [3.05, 3.63) is 18.2 Å². The molecule has 0 saturated carbocycles. The van der Waals surface area contributed by atoms with Gasteiger partial charge >= 0.3 is 0 Å². The van der Waals surface area contributed by atoms with Gasteiger partial charge in [-0.05, 0) is 45.0 Å². The molecule has 1 aromatic rings. The van der Waals surface area contributed by atoms with Crippen molar-refractivity contribution in [1.82, 2.24) is 5.32 Å². The Hall–Kier alpha value is -1.80. The molecule has 1 aliphatic heterocycles. The second-order valence-corrected chi connectivity index (χ2v) is 8.10. The zero-order valence-corrected chi connectivity index (χ0v) is 15.0. The highest BCUT2D eigenvalue weighted by molar-refractivity contribution is 7.92. The minimum atomic E-state index is -3.55. The zero-order chi connectivity index (χ0) is 17.8. The monoisotopic (exact) mass is 356 g/mol. The molecule has 0 spiro atoms. The van der Waals surface area contributed by atoms with Gasteiger partial charge in [-0.2, -0.15) is 0 Å². The second-order valence-electron chi connectivity index (χ2n) is 5.77. The van der Waals surface area contributed by atoms with E-state index in [1.807, 2.05) is 6.92 Å². The van der Waals surface area contributed by atoms with Crippen LogP contribution in [0.15, 0.2) is 18.2 Å². The molecule has 0 atom stereocenters. The highest BCUT2D eigenvalue weighted by Crippen LogP contribution is 2.33. The predicted molar refractivity (Wildman–Crippen MR) is 92.5 cm³/mol. The van der Waals surface area contributed by atoms with E-state index in [0.717, 1.165) is 6.26 Å². The molecule has 0 aromatic heterocycles. The largest absolute Gasteiger partial charge is 0.493 e. The molecule has 0 bridgehead atoms. The summed E-state index contributed by atoms with van der Waals surface area (Å²) >= 11 is 0. The number of ether oxygens (including phenoxy) is 2. The summed E-state index contributed by atoms with van der Waals surface area (Å²) in [7, 11) is -2.04. The molecular formula is C16H24N2O5S. The Morgan fingerprint density at radius 3 is 2.50 bits per heavy atom. The van der Waals surface area contributed by atoms with Crippen LogP contribution in [0.4, 0.5) is 5.69 Å². The first-order chi connectivity index (χ1) is 11.3. The van der Waals surface area contributed by atoms with Gasteiger partial charge in [-0.3, -0.25) is 4.79 Å². The minimum Gasteiger partial charge on any atom is -0.493 e. The van der Waals surface area contributed by atoms with E-state index >= 15 is 0 Å². The van der Waals surface area contributed by atoms with Crippen molar-refractivity contribution in [3.63, 3.8) is 0 Å². The van der Waals surface area contributed by atoms with Crippen LogP contribution in [-0.4, -0.2) is 52.1 Å². The van der Waals surface area contributed by atoms with Crippen molar-refractivity contribution in [3.8, 4) is 11.5 Å². The van der Waals surface area contributed by atoms with E-state index < -0.39 is 20.5 Å². The topological polar surface area (TPSA) is 93.7 Å². The molecule has 1 saturated heterocycles. The van der Waals surface area contributed by atoms with Crippen LogP contribution in [0, 0.1) is 0 Å². The number of hydrogen-bond donors (Lipinski definition) is 2. The van der Waals surface area contributed by atoms with Gasteiger partial charge < -0.3 is 20.1 Å². The van der Waals surface area contributed by atoms with Gasteiger partial charge in [0.05, 0.1) is 13.7 Å². The van der Waals surface area contributed by atoms with E-state index in [9.17, 15) is 13.2 Å². The van der Waals surface area contributed by atoms with Gasteiger partial charge in [0.25, 0.3) is 0 Å². The van der Waals surface area contributed by atoms with Crippen molar-refractivity contribution in [1.29, 1.82) is 0 Å². The molecule has 134 valence electrons. The zero-order valence-electron chi connectivity index (χ0n) is 14.2. The van der Waals surface area contributed by atoms with E-state index in [2.05, 4.69) is 10.6 Å². The molecule has 24 heavy (non-hydrogen) atoms. The molecule has 1 aromatic carbocycles. The molecule has 1 aliphatic rings. The summed E-state index contributed by atoms with van der Waals surface area (Å²) in [5.41, 5.74) is 0.474. The molecule has 0 aliphatic carbocycles. The smallest absolute Gasteiger partial charge is 0.245 e. The highest BCUT2D eigenvalue weighted by atomic mass is 32.2. The van der Waals surface area contributed by atoms with Crippen molar-refractivity contribution >= 4 is 21.4 Å². The molecule has 8 heteroatoms. The standard InChI is InChI=1S/C16H24N2O5S/c1-4-23-13-6-5-12(11-14(13)22-2)18-15(19)16(24(3,20)21)7-9-17-10-8-16/h5-6,11,17H,4,7-10H2,1-3H3,(H,18,19). The Kier molecular flexibility index (Phi) is 5.71. The Balaban J connectivity index is 2.27. The number of piperidine rings is 1. The van der Waals surface area contributed by atoms with Crippen LogP contribution < -0.4 is 20.1 Å². The third kappa shape index (κ3) is 3.64. The number of carbonyl (C=O) groups is 1. The lowest BCUT2D eigenvalue weighted by Gasteiger charge is -2.34.